The molecule has 8 heteroatoms. The molecule has 1 aromatic heterocycles. The Kier molecular flexibility index (Phi) is 5.97. The molecule has 0 saturated heterocycles. The quantitative estimate of drug-likeness (QED) is 0.780. The first-order valence-electron chi connectivity index (χ1n) is 6.67. The highest BCUT2D eigenvalue weighted by atomic mass is 35.5. The van der Waals surface area contributed by atoms with Crippen LogP contribution in [0.15, 0.2) is 47.6 Å². The Bertz CT molecular complexity index is 820. The molecule has 23 heavy (non-hydrogen) atoms. The fourth-order valence-corrected chi connectivity index (χ4v) is 4.14. The summed E-state index contributed by atoms with van der Waals surface area (Å²) in [5.74, 6) is 0. The SMILES string of the molecule is N#CCCN(Cc1cccnc1)S(=O)(=O)c1cccc(Cl)c1Cl. The van der Waals surface area contributed by atoms with Crippen LogP contribution in [0.4, 0.5) is 0 Å². The summed E-state index contributed by atoms with van der Waals surface area (Å²) in [6.07, 6.45) is 3.25. The van der Waals surface area contributed by atoms with Crippen molar-refractivity contribution in [1.82, 2.24) is 9.29 Å². The van der Waals surface area contributed by atoms with Crippen molar-refractivity contribution >= 4 is 33.2 Å². The molecule has 120 valence electrons. The van der Waals surface area contributed by atoms with Crippen LogP contribution >= 0.6 is 23.2 Å². The molecule has 5 nitrogen and oxygen atoms in total. The van der Waals surface area contributed by atoms with Crippen LogP contribution in [0.2, 0.25) is 10.0 Å². The fourth-order valence-electron chi connectivity index (χ4n) is 1.98. The van der Waals surface area contributed by atoms with E-state index in [2.05, 4.69) is 4.98 Å². The molecule has 0 fully saturated rings. The largest absolute Gasteiger partial charge is 0.264 e. The van der Waals surface area contributed by atoms with E-state index in [0.29, 0.717) is 5.56 Å². The highest BCUT2D eigenvalue weighted by Crippen LogP contribution is 2.31. The van der Waals surface area contributed by atoms with Gasteiger partial charge in [0.25, 0.3) is 0 Å². The zero-order chi connectivity index (χ0) is 16.9. The van der Waals surface area contributed by atoms with Gasteiger partial charge in [0.15, 0.2) is 0 Å². The van der Waals surface area contributed by atoms with Gasteiger partial charge in [-0.2, -0.15) is 9.57 Å². The van der Waals surface area contributed by atoms with Gasteiger partial charge >= 0.3 is 0 Å². The molecule has 0 spiro atoms. The zero-order valence-corrected chi connectivity index (χ0v) is 14.3. The minimum Gasteiger partial charge on any atom is -0.264 e. The minimum absolute atomic E-state index is 0.0256. The third-order valence-corrected chi connectivity index (χ3v) is 5.91. The standard InChI is InChI=1S/C15H13Cl2N3O2S/c16-13-5-1-6-14(15(13)17)23(21,22)20(9-3-7-18)11-12-4-2-8-19-10-12/h1-2,4-6,8,10H,3,9,11H2. The predicted octanol–water partition coefficient (Wildman–Crippen LogP) is 3.49. The normalized spacial score (nSPS) is 11.4. The molecule has 0 atom stereocenters. The maximum Gasteiger partial charge on any atom is 0.244 e. The highest BCUT2D eigenvalue weighted by molar-refractivity contribution is 7.89. The Labute approximate surface area is 145 Å². The van der Waals surface area contributed by atoms with Gasteiger partial charge in [0.05, 0.1) is 16.1 Å². The summed E-state index contributed by atoms with van der Waals surface area (Å²) in [6.45, 7) is 0.150. The summed E-state index contributed by atoms with van der Waals surface area (Å²) >= 11 is 12.0. The second-order valence-electron chi connectivity index (χ2n) is 4.66. The van der Waals surface area contributed by atoms with Crippen molar-refractivity contribution in [3.05, 3.63) is 58.3 Å². The number of hydrogen-bond donors (Lipinski definition) is 0. The number of nitriles is 1. The maximum absolute atomic E-state index is 12.9. The lowest BCUT2D eigenvalue weighted by Gasteiger charge is -2.22. The molecule has 0 aliphatic carbocycles. The van der Waals surface area contributed by atoms with Gasteiger partial charge in [-0.05, 0) is 23.8 Å². The second kappa shape index (κ2) is 7.75. The molecule has 0 unspecified atom stereocenters. The van der Waals surface area contributed by atoms with Crippen LogP contribution in [0.1, 0.15) is 12.0 Å². The van der Waals surface area contributed by atoms with Gasteiger partial charge in [-0.3, -0.25) is 4.98 Å². The van der Waals surface area contributed by atoms with E-state index in [4.69, 9.17) is 28.5 Å². The Morgan fingerprint density at radius 2 is 2.00 bits per heavy atom. The van der Waals surface area contributed by atoms with Gasteiger partial charge in [0.2, 0.25) is 10.0 Å². The lowest BCUT2D eigenvalue weighted by molar-refractivity contribution is 0.413. The molecular weight excluding hydrogens is 357 g/mol. The summed E-state index contributed by atoms with van der Waals surface area (Å²) in [5, 5.41) is 8.92. The van der Waals surface area contributed by atoms with Crippen LogP contribution < -0.4 is 0 Å². The summed E-state index contributed by atoms with van der Waals surface area (Å²) in [7, 11) is -3.89. The number of sulfonamides is 1. The predicted molar refractivity (Wildman–Crippen MR) is 88.5 cm³/mol. The van der Waals surface area contributed by atoms with Crippen molar-refractivity contribution in [3.63, 3.8) is 0 Å². The van der Waals surface area contributed by atoms with Crippen LogP contribution in [-0.2, 0) is 16.6 Å². The highest BCUT2D eigenvalue weighted by Gasteiger charge is 2.27. The third kappa shape index (κ3) is 4.21. The molecule has 2 aromatic rings. The first kappa shape index (κ1) is 17.7. The van der Waals surface area contributed by atoms with E-state index >= 15 is 0 Å². The van der Waals surface area contributed by atoms with E-state index < -0.39 is 10.0 Å². The Morgan fingerprint density at radius 3 is 2.65 bits per heavy atom. The van der Waals surface area contributed by atoms with Gasteiger partial charge in [0, 0.05) is 31.9 Å². The number of nitrogens with zero attached hydrogens (tertiary/aromatic N) is 3. The topological polar surface area (TPSA) is 74.1 Å². The molecule has 0 aliphatic heterocycles. The van der Waals surface area contributed by atoms with E-state index in [1.807, 2.05) is 6.07 Å². The van der Waals surface area contributed by atoms with Crippen LogP contribution in [0.3, 0.4) is 0 Å². The zero-order valence-electron chi connectivity index (χ0n) is 12.0. The van der Waals surface area contributed by atoms with Crippen molar-refractivity contribution < 1.29 is 8.42 Å². The minimum atomic E-state index is -3.89. The Balaban J connectivity index is 2.41. The summed E-state index contributed by atoms with van der Waals surface area (Å²) < 4.78 is 26.9. The number of benzene rings is 1. The van der Waals surface area contributed by atoms with Crippen LogP contribution in [0.5, 0.6) is 0 Å². The van der Waals surface area contributed by atoms with Crippen molar-refractivity contribution in [2.45, 2.75) is 17.9 Å². The number of halogens is 2. The van der Waals surface area contributed by atoms with E-state index in [1.165, 1.54) is 22.5 Å². The van der Waals surface area contributed by atoms with Crippen molar-refractivity contribution in [2.75, 3.05) is 6.54 Å². The molecule has 0 aliphatic rings. The Morgan fingerprint density at radius 1 is 1.22 bits per heavy atom. The van der Waals surface area contributed by atoms with Gasteiger partial charge in [0.1, 0.15) is 4.90 Å². The summed E-state index contributed by atoms with van der Waals surface area (Å²) in [4.78, 5) is 3.90. The summed E-state index contributed by atoms with van der Waals surface area (Å²) in [5.41, 5.74) is 0.715. The van der Waals surface area contributed by atoms with E-state index in [-0.39, 0.29) is 34.5 Å². The smallest absolute Gasteiger partial charge is 0.244 e. The van der Waals surface area contributed by atoms with E-state index in [0.717, 1.165) is 0 Å². The molecule has 0 saturated carbocycles. The van der Waals surface area contributed by atoms with Crippen molar-refractivity contribution in [1.29, 1.82) is 5.26 Å². The average molecular weight is 370 g/mol. The molecular formula is C15H13Cl2N3O2S. The van der Waals surface area contributed by atoms with Gasteiger partial charge in [-0.25, -0.2) is 8.42 Å². The molecule has 0 N–H and O–H groups in total. The number of rotatable bonds is 6. The maximum atomic E-state index is 12.9. The lowest BCUT2D eigenvalue weighted by Crippen LogP contribution is -2.31. The number of hydrogen-bond acceptors (Lipinski definition) is 4. The van der Waals surface area contributed by atoms with Gasteiger partial charge in [-0.1, -0.05) is 35.3 Å². The molecule has 2 rings (SSSR count). The monoisotopic (exact) mass is 369 g/mol. The van der Waals surface area contributed by atoms with E-state index in [9.17, 15) is 8.42 Å². The van der Waals surface area contributed by atoms with Crippen LogP contribution in [-0.4, -0.2) is 24.3 Å². The Hall–Kier alpha value is -1.65. The molecule has 1 heterocycles. The van der Waals surface area contributed by atoms with Gasteiger partial charge in [-0.15, -0.1) is 0 Å². The van der Waals surface area contributed by atoms with Crippen LogP contribution in [0.25, 0.3) is 0 Å². The molecule has 0 radical (unpaired) electrons. The lowest BCUT2D eigenvalue weighted by atomic mass is 10.3. The molecule has 0 amide bonds. The second-order valence-corrected chi connectivity index (χ2v) is 7.35. The number of aromatic nitrogens is 1. The number of pyridine rings is 1. The van der Waals surface area contributed by atoms with E-state index in [1.54, 1.807) is 24.5 Å². The molecule has 1 aromatic carbocycles. The van der Waals surface area contributed by atoms with Crippen molar-refractivity contribution in [3.8, 4) is 6.07 Å². The fraction of sp³-hybridized carbons (Fsp3) is 0.200. The third-order valence-electron chi connectivity index (χ3n) is 3.09. The van der Waals surface area contributed by atoms with Gasteiger partial charge < -0.3 is 0 Å². The first-order valence-corrected chi connectivity index (χ1v) is 8.86. The first-order chi connectivity index (χ1) is 11.0. The van der Waals surface area contributed by atoms with Crippen molar-refractivity contribution in [2.24, 2.45) is 0 Å². The van der Waals surface area contributed by atoms with Crippen LogP contribution in [0, 0.1) is 11.3 Å². The molecule has 0 bridgehead atoms. The average Bonchev–Trinajstić information content (AvgIpc) is 2.54. The summed E-state index contributed by atoms with van der Waals surface area (Å²) in [6, 6.07) is 9.87.